The highest BCUT2D eigenvalue weighted by molar-refractivity contribution is 5.50. The van der Waals surface area contributed by atoms with Crippen LogP contribution < -0.4 is 10.2 Å². The van der Waals surface area contributed by atoms with E-state index in [0.29, 0.717) is 19.0 Å². The van der Waals surface area contributed by atoms with Crippen LogP contribution in [0.4, 0.5) is 11.6 Å². The zero-order chi connectivity index (χ0) is 15.9. The maximum absolute atomic E-state index is 9.52. The van der Waals surface area contributed by atoms with Crippen molar-refractivity contribution in [1.82, 2.24) is 9.97 Å². The lowest BCUT2D eigenvalue weighted by atomic mass is 10.1. The average Bonchev–Trinajstić information content (AvgIpc) is 2.49. The van der Waals surface area contributed by atoms with Gasteiger partial charge in [0.2, 0.25) is 0 Å². The van der Waals surface area contributed by atoms with E-state index in [-0.39, 0.29) is 12.1 Å². The van der Waals surface area contributed by atoms with E-state index in [1.54, 1.807) is 0 Å². The third-order valence-electron chi connectivity index (χ3n) is 3.39. The molecule has 1 rings (SSSR count). The van der Waals surface area contributed by atoms with Crippen molar-refractivity contribution in [1.29, 1.82) is 0 Å². The predicted molar refractivity (Wildman–Crippen MR) is 85.7 cm³/mol. The number of aromatic nitrogens is 2. The minimum Gasteiger partial charge on any atom is -0.394 e. The number of hydrogen-bond acceptors (Lipinski definition) is 6. The van der Waals surface area contributed by atoms with E-state index in [0.717, 1.165) is 24.6 Å². The van der Waals surface area contributed by atoms with Crippen LogP contribution in [0.2, 0.25) is 0 Å². The summed E-state index contributed by atoms with van der Waals surface area (Å²) in [6.45, 7) is 9.91. The van der Waals surface area contributed by atoms with Crippen molar-refractivity contribution in [2.45, 2.75) is 46.3 Å². The predicted octanol–water partition coefficient (Wildman–Crippen LogP) is 2.04. The Morgan fingerprint density at radius 1 is 1.33 bits per heavy atom. The smallest absolute Gasteiger partial charge is 0.158 e. The third kappa shape index (κ3) is 5.13. The number of nitrogens with one attached hydrogen (secondary N) is 1. The molecule has 0 radical (unpaired) electrons. The van der Waals surface area contributed by atoms with Crippen LogP contribution in [-0.4, -0.2) is 47.4 Å². The van der Waals surface area contributed by atoms with Gasteiger partial charge in [-0.2, -0.15) is 0 Å². The molecule has 0 aliphatic heterocycles. The number of ether oxygens (including phenoxy) is 1. The molecule has 1 aromatic rings. The molecule has 0 aromatic carbocycles. The van der Waals surface area contributed by atoms with E-state index in [1.807, 2.05) is 38.8 Å². The van der Waals surface area contributed by atoms with Gasteiger partial charge in [0.05, 0.1) is 12.1 Å². The molecule has 6 heteroatoms. The Hall–Kier alpha value is -1.40. The number of aliphatic hydroxyl groups is 1. The van der Waals surface area contributed by atoms with E-state index < -0.39 is 0 Å². The van der Waals surface area contributed by atoms with Gasteiger partial charge in [-0.15, -0.1) is 0 Å². The lowest BCUT2D eigenvalue weighted by Gasteiger charge is -2.35. The van der Waals surface area contributed by atoms with E-state index in [4.69, 9.17) is 4.74 Å². The van der Waals surface area contributed by atoms with Gasteiger partial charge in [0.25, 0.3) is 0 Å². The van der Waals surface area contributed by atoms with Gasteiger partial charge in [-0.25, -0.2) is 9.97 Å². The maximum Gasteiger partial charge on any atom is 0.158 e. The minimum atomic E-state index is -0.390. The SMILES string of the molecule is CCCNc1cc(N(C)C(C)(C)CO)nc(COCC)n1. The molecule has 0 bridgehead atoms. The summed E-state index contributed by atoms with van der Waals surface area (Å²) in [5.74, 6) is 2.21. The van der Waals surface area contributed by atoms with Crippen molar-refractivity contribution in [2.24, 2.45) is 0 Å². The molecule has 0 unspecified atom stereocenters. The summed E-state index contributed by atoms with van der Waals surface area (Å²) in [4.78, 5) is 11.0. The van der Waals surface area contributed by atoms with Crippen molar-refractivity contribution in [3.8, 4) is 0 Å². The molecule has 0 aliphatic carbocycles. The zero-order valence-corrected chi connectivity index (χ0v) is 13.8. The Balaban J connectivity index is 3.05. The second kappa shape index (κ2) is 8.14. The number of nitrogens with zero attached hydrogens (tertiary/aromatic N) is 3. The maximum atomic E-state index is 9.52. The molecule has 0 aliphatic rings. The molecule has 1 heterocycles. The monoisotopic (exact) mass is 296 g/mol. The fourth-order valence-corrected chi connectivity index (χ4v) is 1.67. The van der Waals surface area contributed by atoms with Crippen molar-refractivity contribution in [3.63, 3.8) is 0 Å². The summed E-state index contributed by atoms with van der Waals surface area (Å²) < 4.78 is 5.41. The minimum absolute atomic E-state index is 0.0476. The molecule has 0 amide bonds. The first-order valence-electron chi connectivity index (χ1n) is 7.48. The lowest BCUT2D eigenvalue weighted by molar-refractivity contribution is 0.128. The van der Waals surface area contributed by atoms with Gasteiger partial charge in [-0.1, -0.05) is 6.92 Å². The first-order chi connectivity index (χ1) is 9.94. The van der Waals surface area contributed by atoms with Crippen molar-refractivity contribution in [3.05, 3.63) is 11.9 Å². The molecular weight excluding hydrogens is 268 g/mol. The summed E-state index contributed by atoms with van der Waals surface area (Å²) in [5.41, 5.74) is -0.390. The molecule has 0 fully saturated rings. The number of aliphatic hydroxyl groups excluding tert-OH is 1. The first kappa shape index (κ1) is 17.7. The van der Waals surface area contributed by atoms with E-state index in [9.17, 15) is 5.11 Å². The van der Waals surface area contributed by atoms with Crippen LogP contribution in [0, 0.1) is 0 Å². The van der Waals surface area contributed by atoms with E-state index in [2.05, 4.69) is 22.2 Å². The van der Waals surface area contributed by atoms with Gasteiger partial charge in [0.15, 0.2) is 5.82 Å². The molecule has 120 valence electrons. The van der Waals surface area contributed by atoms with Crippen molar-refractivity contribution < 1.29 is 9.84 Å². The van der Waals surface area contributed by atoms with Crippen LogP contribution in [0.25, 0.3) is 0 Å². The molecule has 0 spiro atoms. The Morgan fingerprint density at radius 3 is 2.62 bits per heavy atom. The number of anilines is 2. The van der Waals surface area contributed by atoms with Gasteiger partial charge in [-0.3, -0.25) is 0 Å². The van der Waals surface area contributed by atoms with Crippen LogP contribution in [0.1, 0.15) is 39.9 Å². The van der Waals surface area contributed by atoms with Crippen LogP contribution >= 0.6 is 0 Å². The van der Waals surface area contributed by atoms with Gasteiger partial charge in [0.1, 0.15) is 18.2 Å². The Bertz CT molecular complexity index is 411. The molecule has 0 saturated carbocycles. The highest BCUT2D eigenvalue weighted by Crippen LogP contribution is 2.22. The average molecular weight is 296 g/mol. The molecule has 0 atom stereocenters. The van der Waals surface area contributed by atoms with Crippen molar-refractivity contribution in [2.75, 3.05) is 37.0 Å². The third-order valence-corrected chi connectivity index (χ3v) is 3.39. The summed E-state index contributed by atoms with van der Waals surface area (Å²) in [7, 11) is 1.92. The standard InChI is InChI=1S/C15H28N4O2/c1-6-8-16-12-9-14(19(5)15(3,4)11-20)18-13(17-12)10-21-7-2/h9,20H,6-8,10-11H2,1-5H3,(H,16,17,18). The largest absolute Gasteiger partial charge is 0.394 e. The molecule has 21 heavy (non-hydrogen) atoms. The van der Waals surface area contributed by atoms with Crippen molar-refractivity contribution >= 4 is 11.6 Å². The zero-order valence-electron chi connectivity index (χ0n) is 13.8. The van der Waals surface area contributed by atoms with Gasteiger partial charge in [-0.05, 0) is 27.2 Å². The second-order valence-electron chi connectivity index (χ2n) is 5.62. The molecule has 2 N–H and O–H groups in total. The van der Waals surface area contributed by atoms with Gasteiger partial charge in [0, 0.05) is 26.3 Å². The Morgan fingerprint density at radius 2 is 2.05 bits per heavy atom. The summed E-state index contributed by atoms with van der Waals surface area (Å²) in [5, 5.41) is 12.8. The summed E-state index contributed by atoms with van der Waals surface area (Å²) in [6, 6.07) is 1.91. The number of hydrogen-bond donors (Lipinski definition) is 2. The highest BCUT2D eigenvalue weighted by atomic mass is 16.5. The van der Waals surface area contributed by atoms with Crippen LogP contribution in [0.3, 0.4) is 0 Å². The van der Waals surface area contributed by atoms with E-state index >= 15 is 0 Å². The number of likely N-dealkylation sites (N-methyl/N-ethyl adjacent to an activating group) is 1. The highest BCUT2D eigenvalue weighted by Gasteiger charge is 2.24. The van der Waals surface area contributed by atoms with E-state index in [1.165, 1.54) is 0 Å². The Kier molecular flexibility index (Phi) is 6.84. The second-order valence-corrected chi connectivity index (χ2v) is 5.62. The quantitative estimate of drug-likeness (QED) is 0.727. The van der Waals surface area contributed by atoms with Crippen LogP contribution in [0.5, 0.6) is 0 Å². The van der Waals surface area contributed by atoms with Gasteiger partial charge < -0.3 is 20.1 Å². The summed E-state index contributed by atoms with van der Waals surface area (Å²) in [6.07, 6.45) is 1.03. The molecule has 6 nitrogen and oxygen atoms in total. The molecular formula is C15H28N4O2. The summed E-state index contributed by atoms with van der Waals surface area (Å²) >= 11 is 0. The molecule has 0 saturated heterocycles. The molecule has 1 aromatic heterocycles. The van der Waals surface area contributed by atoms with Crippen LogP contribution in [0.15, 0.2) is 6.07 Å². The lowest BCUT2D eigenvalue weighted by Crippen LogP contribution is -2.45. The fourth-order valence-electron chi connectivity index (χ4n) is 1.67. The fraction of sp³-hybridized carbons (Fsp3) is 0.733. The van der Waals surface area contributed by atoms with Crippen LogP contribution in [-0.2, 0) is 11.3 Å². The number of rotatable bonds is 9. The Labute approximate surface area is 127 Å². The first-order valence-corrected chi connectivity index (χ1v) is 7.48. The normalized spacial score (nSPS) is 11.5. The topological polar surface area (TPSA) is 70.5 Å². The van der Waals surface area contributed by atoms with Gasteiger partial charge >= 0.3 is 0 Å².